The SMILES string of the molecule is Clc1ccc(-c2c(Cl)cc(Cl)c(Cl)c2Cl)cc1Cl. The van der Waals surface area contributed by atoms with Gasteiger partial charge in [0.1, 0.15) is 0 Å². The van der Waals surface area contributed by atoms with Crippen LogP contribution in [-0.4, -0.2) is 0 Å². The molecular formula is C12H4Cl6. The summed E-state index contributed by atoms with van der Waals surface area (Å²) >= 11 is 36.0. The van der Waals surface area contributed by atoms with Crippen LogP contribution < -0.4 is 0 Å². The molecule has 0 heterocycles. The van der Waals surface area contributed by atoms with E-state index < -0.39 is 0 Å². The summed E-state index contributed by atoms with van der Waals surface area (Å²) < 4.78 is 0. The second-order valence-corrected chi connectivity index (χ2v) is 5.86. The van der Waals surface area contributed by atoms with Gasteiger partial charge in [-0.1, -0.05) is 75.7 Å². The van der Waals surface area contributed by atoms with Crippen LogP contribution >= 0.6 is 69.6 Å². The van der Waals surface area contributed by atoms with Crippen molar-refractivity contribution in [1.82, 2.24) is 0 Å². The average Bonchev–Trinajstić information content (AvgIpc) is 2.31. The number of hydrogen-bond donors (Lipinski definition) is 0. The van der Waals surface area contributed by atoms with Gasteiger partial charge in [0.05, 0.1) is 30.1 Å². The first kappa shape index (κ1) is 14.6. The minimum atomic E-state index is 0.254. The second kappa shape index (κ2) is 5.66. The van der Waals surface area contributed by atoms with Crippen LogP contribution in [0.4, 0.5) is 0 Å². The Bertz CT molecular complexity index is 620. The van der Waals surface area contributed by atoms with E-state index in [0.717, 1.165) is 5.56 Å². The maximum absolute atomic E-state index is 6.15. The molecule has 0 aliphatic rings. The molecule has 0 amide bonds. The zero-order valence-corrected chi connectivity index (χ0v) is 13.1. The van der Waals surface area contributed by atoms with Gasteiger partial charge >= 0.3 is 0 Å². The molecule has 0 aliphatic carbocycles. The number of benzene rings is 2. The van der Waals surface area contributed by atoms with Gasteiger partial charge in [-0.15, -0.1) is 0 Å². The highest BCUT2D eigenvalue weighted by Gasteiger charge is 2.16. The zero-order valence-electron chi connectivity index (χ0n) is 8.58. The summed E-state index contributed by atoms with van der Waals surface area (Å²) in [5.41, 5.74) is 1.30. The Labute approximate surface area is 134 Å². The molecule has 0 unspecified atom stereocenters. The molecule has 0 bridgehead atoms. The predicted molar refractivity (Wildman–Crippen MR) is 81.9 cm³/mol. The molecule has 0 aliphatic heterocycles. The number of halogens is 6. The highest BCUT2D eigenvalue weighted by atomic mass is 35.5. The maximum Gasteiger partial charge on any atom is 0.0785 e. The van der Waals surface area contributed by atoms with Gasteiger partial charge in [0.15, 0.2) is 0 Å². The lowest BCUT2D eigenvalue weighted by Crippen LogP contribution is -1.85. The lowest BCUT2D eigenvalue weighted by Gasteiger charge is -2.11. The zero-order chi connectivity index (χ0) is 13.4. The molecule has 0 fully saturated rings. The molecule has 0 radical (unpaired) electrons. The fourth-order valence-corrected chi connectivity index (χ4v) is 2.91. The predicted octanol–water partition coefficient (Wildman–Crippen LogP) is 7.27. The summed E-state index contributed by atoms with van der Waals surface area (Å²) in [5, 5.41) is 2.10. The van der Waals surface area contributed by atoms with Gasteiger partial charge in [0.2, 0.25) is 0 Å². The van der Waals surface area contributed by atoms with E-state index in [1.165, 1.54) is 6.07 Å². The molecule has 2 aromatic carbocycles. The molecule has 18 heavy (non-hydrogen) atoms. The molecule has 6 heteroatoms. The second-order valence-electron chi connectivity index (χ2n) is 3.47. The van der Waals surface area contributed by atoms with E-state index in [1.807, 2.05) is 0 Å². The Kier molecular flexibility index (Phi) is 4.59. The van der Waals surface area contributed by atoms with Crippen LogP contribution in [0, 0.1) is 0 Å². The molecule has 0 atom stereocenters. The average molecular weight is 361 g/mol. The lowest BCUT2D eigenvalue weighted by atomic mass is 10.1. The van der Waals surface area contributed by atoms with Crippen LogP contribution in [0.25, 0.3) is 11.1 Å². The third-order valence-corrected chi connectivity index (χ3v) is 4.62. The maximum atomic E-state index is 6.15. The highest BCUT2D eigenvalue weighted by molar-refractivity contribution is 6.51. The van der Waals surface area contributed by atoms with E-state index in [2.05, 4.69) is 0 Å². The molecule has 0 saturated carbocycles. The van der Waals surface area contributed by atoms with Crippen molar-refractivity contribution in [2.75, 3.05) is 0 Å². The normalized spacial score (nSPS) is 10.8. The van der Waals surface area contributed by atoms with E-state index in [4.69, 9.17) is 69.6 Å². The standard InChI is InChI=1S/C12H4Cl6/c13-6-2-1-5(3-7(6)14)10-8(15)4-9(16)11(17)12(10)18/h1-4H. The first-order chi connectivity index (χ1) is 8.41. The molecule has 0 aromatic heterocycles. The quantitative estimate of drug-likeness (QED) is 0.370. The largest absolute Gasteiger partial charge is 0.0836 e. The van der Waals surface area contributed by atoms with Crippen LogP contribution in [-0.2, 0) is 0 Å². The van der Waals surface area contributed by atoms with Crippen molar-refractivity contribution in [2.45, 2.75) is 0 Å². The third kappa shape index (κ3) is 2.70. The van der Waals surface area contributed by atoms with Crippen molar-refractivity contribution in [3.8, 4) is 11.1 Å². The summed E-state index contributed by atoms with van der Waals surface area (Å²) in [6, 6.07) is 6.62. The summed E-state index contributed by atoms with van der Waals surface area (Å²) in [6.45, 7) is 0. The minimum absolute atomic E-state index is 0.254. The monoisotopic (exact) mass is 358 g/mol. The van der Waals surface area contributed by atoms with Gasteiger partial charge in [0, 0.05) is 5.56 Å². The molecule has 0 spiro atoms. The van der Waals surface area contributed by atoms with Gasteiger partial charge in [-0.05, 0) is 23.8 Å². The lowest BCUT2D eigenvalue weighted by molar-refractivity contribution is 1.61. The Morgan fingerprint density at radius 2 is 1.22 bits per heavy atom. The number of rotatable bonds is 1. The van der Waals surface area contributed by atoms with Crippen molar-refractivity contribution in [3.63, 3.8) is 0 Å². The van der Waals surface area contributed by atoms with Gasteiger partial charge < -0.3 is 0 Å². The van der Waals surface area contributed by atoms with Crippen molar-refractivity contribution < 1.29 is 0 Å². The summed E-state index contributed by atoms with van der Waals surface area (Å²) in [6.07, 6.45) is 0. The van der Waals surface area contributed by atoms with Crippen LogP contribution in [0.3, 0.4) is 0 Å². The molecule has 94 valence electrons. The minimum Gasteiger partial charge on any atom is -0.0836 e. The van der Waals surface area contributed by atoms with Crippen molar-refractivity contribution in [1.29, 1.82) is 0 Å². The van der Waals surface area contributed by atoms with Crippen LogP contribution in [0.15, 0.2) is 24.3 Å². The van der Waals surface area contributed by atoms with Crippen molar-refractivity contribution in [2.24, 2.45) is 0 Å². The van der Waals surface area contributed by atoms with E-state index in [1.54, 1.807) is 18.2 Å². The Balaban J connectivity index is 2.71. The summed E-state index contributed by atoms with van der Waals surface area (Å²) in [4.78, 5) is 0. The van der Waals surface area contributed by atoms with E-state index >= 15 is 0 Å². The molecule has 2 aromatic rings. The van der Waals surface area contributed by atoms with Crippen molar-refractivity contribution in [3.05, 3.63) is 54.4 Å². The van der Waals surface area contributed by atoms with Gasteiger partial charge in [-0.2, -0.15) is 0 Å². The van der Waals surface area contributed by atoms with Crippen LogP contribution in [0.2, 0.25) is 30.1 Å². The Hall–Kier alpha value is 0.180. The molecular weight excluding hydrogens is 357 g/mol. The van der Waals surface area contributed by atoms with Crippen LogP contribution in [0.5, 0.6) is 0 Å². The van der Waals surface area contributed by atoms with E-state index in [0.29, 0.717) is 25.7 Å². The Morgan fingerprint density at radius 3 is 1.83 bits per heavy atom. The first-order valence-corrected chi connectivity index (χ1v) is 6.97. The third-order valence-electron chi connectivity index (χ3n) is 2.32. The number of hydrogen-bond acceptors (Lipinski definition) is 0. The fraction of sp³-hybridized carbons (Fsp3) is 0. The van der Waals surface area contributed by atoms with Crippen LogP contribution in [0.1, 0.15) is 0 Å². The highest BCUT2D eigenvalue weighted by Crippen LogP contribution is 2.43. The summed E-state index contributed by atoms with van der Waals surface area (Å²) in [5.74, 6) is 0. The molecule has 2 rings (SSSR count). The van der Waals surface area contributed by atoms with E-state index in [9.17, 15) is 0 Å². The van der Waals surface area contributed by atoms with Crippen molar-refractivity contribution >= 4 is 69.6 Å². The van der Waals surface area contributed by atoms with Gasteiger partial charge in [-0.3, -0.25) is 0 Å². The molecule has 0 N–H and O–H groups in total. The smallest absolute Gasteiger partial charge is 0.0785 e. The first-order valence-electron chi connectivity index (χ1n) is 4.70. The van der Waals surface area contributed by atoms with Gasteiger partial charge in [0.25, 0.3) is 0 Å². The molecule has 0 nitrogen and oxygen atoms in total. The van der Waals surface area contributed by atoms with Gasteiger partial charge in [-0.25, -0.2) is 0 Å². The Morgan fingerprint density at radius 1 is 0.556 bits per heavy atom. The topological polar surface area (TPSA) is 0 Å². The fourth-order valence-electron chi connectivity index (χ4n) is 1.48. The summed E-state index contributed by atoms with van der Waals surface area (Å²) in [7, 11) is 0. The van der Waals surface area contributed by atoms with E-state index in [-0.39, 0.29) is 10.0 Å². The molecule has 0 saturated heterocycles.